The zero-order valence-corrected chi connectivity index (χ0v) is 10.3. The first-order valence-corrected chi connectivity index (χ1v) is 5.06. The molecule has 1 N–H and O–H groups in total. The highest BCUT2D eigenvalue weighted by molar-refractivity contribution is 6.06. The van der Waals surface area contributed by atoms with Gasteiger partial charge in [-0.3, -0.25) is 4.79 Å². The van der Waals surface area contributed by atoms with Crippen molar-refractivity contribution in [3.05, 3.63) is 39.6 Å². The molecule has 0 radical (unpaired) electrons. The topological polar surface area (TPSA) is 70.7 Å². The van der Waals surface area contributed by atoms with E-state index in [1.54, 1.807) is 25.9 Å². The van der Waals surface area contributed by atoms with Gasteiger partial charge in [-0.2, -0.15) is 0 Å². The molecule has 5 nitrogen and oxygen atoms in total. The number of hydrogen-bond donors (Lipinski definition) is 1. The van der Waals surface area contributed by atoms with Gasteiger partial charge >= 0.3 is 5.63 Å². The predicted molar refractivity (Wildman–Crippen MR) is 63.2 cm³/mol. The normalized spacial score (nSPS) is 11.4. The number of carbonyl (C=O) groups excluding carboxylic acids is 1. The van der Waals surface area contributed by atoms with Crippen molar-refractivity contribution in [3.63, 3.8) is 0 Å². The van der Waals surface area contributed by atoms with Gasteiger partial charge in [0.25, 0.3) is 0 Å². The van der Waals surface area contributed by atoms with E-state index in [1.807, 2.05) is 0 Å². The van der Waals surface area contributed by atoms with E-state index in [9.17, 15) is 14.7 Å². The molecule has 0 aliphatic carbocycles. The largest absolute Gasteiger partial charge is 0.507 e. The average molecular weight is 237 g/mol. The van der Waals surface area contributed by atoms with E-state index in [0.29, 0.717) is 5.70 Å². The van der Waals surface area contributed by atoms with E-state index in [1.165, 1.54) is 19.1 Å². The molecule has 92 valence electrons. The van der Waals surface area contributed by atoms with Crippen LogP contribution >= 0.6 is 0 Å². The maximum absolute atomic E-state index is 11.8. The summed E-state index contributed by atoms with van der Waals surface area (Å²) < 4.78 is 4.77. The number of carbonyl (C=O) groups is 1. The van der Waals surface area contributed by atoms with E-state index in [4.69, 9.17) is 4.42 Å². The number of allylic oxidation sites excluding steroid dienone is 2. The van der Waals surface area contributed by atoms with Gasteiger partial charge in [0, 0.05) is 31.9 Å². The van der Waals surface area contributed by atoms with E-state index in [0.717, 1.165) is 0 Å². The van der Waals surface area contributed by atoms with Gasteiger partial charge in [-0.25, -0.2) is 4.79 Å². The zero-order valence-electron chi connectivity index (χ0n) is 10.3. The summed E-state index contributed by atoms with van der Waals surface area (Å²) in [7, 11) is 3.55. The Kier molecular flexibility index (Phi) is 3.73. The van der Waals surface area contributed by atoms with Crippen molar-refractivity contribution in [2.75, 3.05) is 14.1 Å². The van der Waals surface area contributed by atoms with E-state index in [-0.39, 0.29) is 17.1 Å². The second kappa shape index (κ2) is 4.86. The molecule has 0 saturated heterocycles. The Balaban J connectivity index is 3.23. The van der Waals surface area contributed by atoms with Crippen molar-refractivity contribution in [3.8, 4) is 5.75 Å². The van der Waals surface area contributed by atoms with Crippen LogP contribution < -0.4 is 5.63 Å². The van der Waals surface area contributed by atoms with Crippen LogP contribution in [0.5, 0.6) is 5.75 Å². The van der Waals surface area contributed by atoms with Crippen LogP contribution in [0.25, 0.3) is 0 Å². The molecule has 1 heterocycles. The molecule has 0 aliphatic heterocycles. The van der Waals surface area contributed by atoms with Gasteiger partial charge in [0.2, 0.25) is 0 Å². The third-order valence-corrected chi connectivity index (χ3v) is 2.35. The highest BCUT2D eigenvalue weighted by Crippen LogP contribution is 2.16. The zero-order chi connectivity index (χ0) is 13.2. The number of aryl methyl sites for hydroxylation is 1. The molecule has 0 unspecified atom stereocenters. The van der Waals surface area contributed by atoms with Gasteiger partial charge < -0.3 is 14.4 Å². The minimum Gasteiger partial charge on any atom is -0.507 e. The van der Waals surface area contributed by atoms with Crippen molar-refractivity contribution in [2.24, 2.45) is 0 Å². The van der Waals surface area contributed by atoms with Gasteiger partial charge in [0.15, 0.2) is 5.78 Å². The fraction of sp³-hybridized carbons (Fsp3) is 0.333. The molecular weight excluding hydrogens is 222 g/mol. The standard InChI is InChI=1S/C12H15NO4/c1-7(13(3)4)5-9(14)11-10(15)6-8(2)17-12(11)16/h5-6,15H,1-4H3/b7-5+. The van der Waals surface area contributed by atoms with Crippen LogP contribution in [-0.2, 0) is 0 Å². The molecule has 1 rings (SSSR count). The molecule has 0 aliphatic rings. The maximum atomic E-state index is 11.8. The summed E-state index contributed by atoms with van der Waals surface area (Å²) in [5.74, 6) is -0.661. The Morgan fingerprint density at radius 3 is 2.53 bits per heavy atom. The predicted octanol–water partition coefficient (Wildman–Crippen LogP) is 1.30. The fourth-order valence-corrected chi connectivity index (χ4v) is 1.21. The molecule has 0 spiro atoms. The van der Waals surface area contributed by atoms with Crippen molar-refractivity contribution < 1.29 is 14.3 Å². The lowest BCUT2D eigenvalue weighted by Gasteiger charge is -2.11. The SMILES string of the molecule is C/C(=C\C(=O)c1c(O)cc(C)oc1=O)N(C)C. The molecule has 1 aromatic heterocycles. The van der Waals surface area contributed by atoms with Crippen LogP contribution in [0.2, 0.25) is 0 Å². The quantitative estimate of drug-likeness (QED) is 0.633. The molecular formula is C12H15NO4. The molecule has 17 heavy (non-hydrogen) atoms. The molecule has 5 heteroatoms. The van der Waals surface area contributed by atoms with Crippen molar-refractivity contribution in [2.45, 2.75) is 13.8 Å². The molecule has 0 saturated carbocycles. The number of aromatic hydroxyl groups is 1. The summed E-state index contributed by atoms with van der Waals surface area (Å²) >= 11 is 0. The lowest BCUT2D eigenvalue weighted by atomic mass is 10.1. The van der Waals surface area contributed by atoms with Gasteiger partial charge in [0.05, 0.1) is 0 Å². The van der Waals surface area contributed by atoms with Crippen LogP contribution in [0.3, 0.4) is 0 Å². The van der Waals surface area contributed by atoms with Gasteiger partial charge in [0.1, 0.15) is 17.1 Å². The number of rotatable bonds is 3. The Hall–Kier alpha value is -2.04. The average Bonchev–Trinajstić information content (AvgIpc) is 2.15. The first-order chi connectivity index (χ1) is 7.82. The second-order valence-corrected chi connectivity index (χ2v) is 3.95. The third-order valence-electron chi connectivity index (χ3n) is 2.35. The van der Waals surface area contributed by atoms with Crippen LogP contribution in [0.1, 0.15) is 23.0 Å². The minimum atomic E-state index is -0.824. The minimum absolute atomic E-state index is 0.261. The number of nitrogens with zero attached hydrogens (tertiary/aromatic N) is 1. The summed E-state index contributed by atoms with van der Waals surface area (Å²) in [6.45, 7) is 3.25. The summed E-state index contributed by atoms with van der Waals surface area (Å²) in [4.78, 5) is 25.0. The third kappa shape index (κ3) is 2.96. The highest BCUT2D eigenvalue weighted by Gasteiger charge is 2.16. The summed E-state index contributed by atoms with van der Waals surface area (Å²) in [5.41, 5.74) is -0.485. The van der Waals surface area contributed by atoms with Crippen LogP contribution in [0.15, 0.2) is 27.1 Å². The summed E-state index contributed by atoms with van der Waals surface area (Å²) in [6, 6.07) is 1.24. The van der Waals surface area contributed by atoms with Gasteiger partial charge in [-0.15, -0.1) is 0 Å². The smallest absolute Gasteiger partial charge is 0.351 e. The summed E-state index contributed by atoms with van der Waals surface area (Å²) in [5, 5.41) is 9.57. The molecule has 0 bridgehead atoms. The van der Waals surface area contributed by atoms with Gasteiger partial charge in [-0.1, -0.05) is 0 Å². The lowest BCUT2D eigenvalue weighted by Crippen LogP contribution is -2.16. The Morgan fingerprint density at radius 1 is 1.47 bits per heavy atom. The number of hydrogen-bond acceptors (Lipinski definition) is 5. The Bertz CT molecular complexity index is 526. The number of ketones is 1. The van der Waals surface area contributed by atoms with Crippen LogP contribution in [0, 0.1) is 6.92 Å². The lowest BCUT2D eigenvalue weighted by molar-refractivity contribution is 0.103. The van der Waals surface area contributed by atoms with Crippen molar-refractivity contribution >= 4 is 5.78 Å². The van der Waals surface area contributed by atoms with Crippen molar-refractivity contribution in [1.82, 2.24) is 4.90 Å². The van der Waals surface area contributed by atoms with E-state index in [2.05, 4.69) is 0 Å². The van der Waals surface area contributed by atoms with E-state index < -0.39 is 11.4 Å². The fourth-order valence-electron chi connectivity index (χ4n) is 1.21. The first kappa shape index (κ1) is 13.0. The first-order valence-electron chi connectivity index (χ1n) is 5.06. The molecule has 0 aromatic carbocycles. The molecule has 1 aromatic rings. The Labute approximate surface area is 99.0 Å². The molecule has 0 amide bonds. The summed E-state index contributed by atoms with van der Waals surface area (Å²) in [6.07, 6.45) is 1.28. The Morgan fingerprint density at radius 2 is 2.06 bits per heavy atom. The highest BCUT2D eigenvalue weighted by atomic mass is 16.4. The monoisotopic (exact) mass is 237 g/mol. The van der Waals surface area contributed by atoms with Gasteiger partial charge in [-0.05, 0) is 13.8 Å². The van der Waals surface area contributed by atoms with Crippen LogP contribution in [0.4, 0.5) is 0 Å². The maximum Gasteiger partial charge on any atom is 0.351 e. The van der Waals surface area contributed by atoms with E-state index >= 15 is 0 Å². The molecule has 0 fully saturated rings. The second-order valence-electron chi connectivity index (χ2n) is 3.95. The molecule has 0 atom stereocenters. The van der Waals surface area contributed by atoms with Crippen molar-refractivity contribution in [1.29, 1.82) is 0 Å². The van der Waals surface area contributed by atoms with Crippen LogP contribution in [-0.4, -0.2) is 29.9 Å².